The first-order valence-electron chi connectivity index (χ1n) is 4.61. The summed E-state index contributed by atoms with van der Waals surface area (Å²) >= 11 is 1.62. The highest BCUT2D eigenvalue weighted by Gasteiger charge is 2.19. The third kappa shape index (κ3) is 1.14. The Labute approximate surface area is 85.8 Å². The van der Waals surface area contributed by atoms with Crippen LogP contribution in [0.3, 0.4) is 0 Å². The molecule has 0 unspecified atom stereocenters. The zero-order valence-electron chi connectivity index (χ0n) is 7.55. The predicted octanol–water partition coefficient (Wildman–Crippen LogP) is 1.50. The van der Waals surface area contributed by atoms with Gasteiger partial charge in [0.2, 0.25) is 0 Å². The van der Waals surface area contributed by atoms with Crippen LogP contribution in [-0.4, -0.2) is 26.5 Å². The first kappa shape index (κ1) is 8.32. The smallest absolute Gasteiger partial charge is 0.169 e. The van der Waals surface area contributed by atoms with E-state index in [4.69, 9.17) is 0 Å². The number of aliphatic hydroxyl groups excluding tert-OH is 1. The van der Waals surface area contributed by atoms with Crippen LogP contribution in [-0.2, 0) is 6.54 Å². The Kier molecular flexibility index (Phi) is 1.78. The number of nitrogens with zero attached hydrogens (tertiary/aromatic N) is 2. The normalized spacial score (nSPS) is 21.1. The van der Waals surface area contributed by atoms with Gasteiger partial charge in [-0.05, 0) is 12.1 Å². The summed E-state index contributed by atoms with van der Waals surface area (Å²) in [6, 6.07) is 8.05. The molecule has 0 saturated heterocycles. The van der Waals surface area contributed by atoms with Gasteiger partial charge < -0.3 is 9.67 Å². The molecule has 0 radical (unpaired) electrons. The van der Waals surface area contributed by atoms with Gasteiger partial charge >= 0.3 is 0 Å². The Bertz CT molecular complexity index is 480. The average Bonchev–Trinajstić information content (AvgIpc) is 2.56. The lowest BCUT2D eigenvalue weighted by Gasteiger charge is -2.18. The number of aliphatic hydroxyl groups is 1. The molecule has 3 nitrogen and oxygen atoms in total. The number of fused-ring (bicyclic) bond motifs is 3. The molecule has 3 rings (SSSR count). The first-order valence-corrected chi connectivity index (χ1v) is 5.59. The van der Waals surface area contributed by atoms with E-state index in [2.05, 4.69) is 9.55 Å². The topological polar surface area (TPSA) is 38.1 Å². The van der Waals surface area contributed by atoms with Crippen molar-refractivity contribution in [3.8, 4) is 0 Å². The fourth-order valence-electron chi connectivity index (χ4n) is 1.77. The van der Waals surface area contributed by atoms with Crippen LogP contribution in [0.2, 0.25) is 0 Å². The number of thioether (sulfide) groups is 1. The molecule has 0 spiro atoms. The van der Waals surface area contributed by atoms with Gasteiger partial charge in [-0.3, -0.25) is 0 Å². The van der Waals surface area contributed by atoms with E-state index < -0.39 is 0 Å². The Morgan fingerprint density at radius 3 is 3.21 bits per heavy atom. The number of imidazole rings is 1. The summed E-state index contributed by atoms with van der Waals surface area (Å²) in [4.78, 5) is 4.50. The summed E-state index contributed by atoms with van der Waals surface area (Å²) in [5, 5.41) is 10.6. The Morgan fingerprint density at radius 1 is 1.43 bits per heavy atom. The number of hydrogen-bond donors (Lipinski definition) is 1. The quantitative estimate of drug-likeness (QED) is 0.710. The number of benzene rings is 1. The third-order valence-electron chi connectivity index (χ3n) is 2.42. The van der Waals surface area contributed by atoms with Gasteiger partial charge in [-0.2, -0.15) is 0 Å². The zero-order valence-corrected chi connectivity index (χ0v) is 8.37. The Balaban J connectivity index is 2.25. The minimum atomic E-state index is -0.245. The minimum Gasteiger partial charge on any atom is -0.390 e. The van der Waals surface area contributed by atoms with Crippen molar-refractivity contribution in [1.29, 1.82) is 0 Å². The van der Waals surface area contributed by atoms with Gasteiger partial charge in [0.05, 0.1) is 23.7 Å². The van der Waals surface area contributed by atoms with Crippen molar-refractivity contribution in [2.24, 2.45) is 0 Å². The second-order valence-electron chi connectivity index (χ2n) is 3.46. The SMILES string of the molecule is O[C@@H]1CSc2nc3ccccc3n2C1. The molecule has 4 heteroatoms. The van der Waals surface area contributed by atoms with Crippen LogP contribution in [0, 0.1) is 0 Å². The van der Waals surface area contributed by atoms with Gasteiger partial charge in [-0.25, -0.2) is 4.98 Å². The fraction of sp³-hybridized carbons (Fsp3) is 0.300. The molecule has 0 bridgehead atoms. The van der Waals surface area contributed by atoms with Crippen molar-refractivity contribution in [3.05, 3.63) is 24.3 Å². The van der Waals surface area contributed by atoms with Crippen molar-refractivity contribution >= 4 is 22.8 Å². The molecule has 2 heterocycles. The Hall–Kier alpha value is -1.00. The molecular weight excluding hydrogens is 196 g/mol. The van der Waals surface area contributed by atoms with Gasteiger partial charge in [0, 0.05) is 5.75 Å². The highest BCUT2D eigenvalue weighted by molar-refractivity contribution is 7.99. The van der Waals surface area contributed by atoms with Crippen LogP contribution in [0.5, 0.6) is 0 Å². The number of para-hydroxylation sites is 2. The lowest BCUT2D eigenvalue weighted by atomic mass is 10.3. The monoisotopic (exact) mass is 206 g/mol. The summed E-state index contributed by atoms with van der Waals surface area (Å²) < 4.78 is 2.09. The summed E-state index contributed by atoms with van der Waals surface area (Å²) in [6.07, 6.45) is -0.245. The lowest BCUT2D eigenvalue weighted by molar-refractivity contribution is 0.172. The van der Waals surface area contributed by atoms with Gasteiger partial charge in [0.1, 0.15) is 0 Å². The molecule has 1 atom stereocenters. The van der Waals surface area contributed by atoms with E-state index in [1.807, 2.05) is 24.3 Å². The Morgan fingerprint density at radius 2 is 2.29 bits per heavy atom. The molecule has 1 aliphatic heterocycles. The van der Waals surface area contributed by atoms with Crippen molar-refractivity contribution in [3.63, 3.8) is 0 Å². The van der Waals surface area contributed by atoms with E-state index in [0.717, 1.165) is 21.9 Å². The van der Waals surface area contributed by atoms with E-state index in [-0.39, 0.29) is 6.10 Å². The third-order valence-corrected chi connectivity index (χ3v) is 3.54. The van der Waals surface area contributed by atoms with Crippen LogP contribution in [0.1, 0.15) is 0 Å². The first-order chi connectivity index (χ1) is 6.84. The van der Waals surface area contributed by atoms with E-state index >= 15 is 0 Å². The van der Waals surface area contributed by atoms with Gasteiger partial charge in [-0.15, -0.1) is 0 Å². The molecule has 0 saturated carbocycles. The maximum absolute atomic E-state index is 9.56. The largest absolute Gasteiger partial charge is 0.390 e. The number of hydrogen-bond acceptors (Lipinski definition) is 3. The summed E-state index contributed by atoms with van der Waals surface area (Å²) in [5.41, 5.74) is 2.14. The average molecular weight is 206 g/mol. The van der Waals surface area contributed by atoms with Gasteiger partial charge in [0.25, 0.3) is 0 Å². The fourth-order valence-corrected chi connectivity index (χ4v) is 2.71. The van der Waals surface area contributed by atoms with E-state index in [1.165, 1.54) is 0 Å². The molecule has 0 aliphatic carbocycles. The molecule has 0 amide bonds. The minimum absolute atomic E-state index is 0.245. The molecule has 2 aromatic rings. The molecule has 72 valence electrons. The van der Waals surface area contributed by atoms with Gasteiger partial charge in [-0.1, -0.05) is 23.9 Å². The highest BCUT2D eigenvalue weighted by Crippen LogP contribution is 2.28. The molecule has 1 aliphatic rings. The molecule has 1 aromatic heterocycles. The van der Waals surface area contributed by atoms with Crippen molar-refractivity contribution in [1.82, 2.24) is 9.55 Å². The molecule has 1 N–H and O–H groups in total. The van der Waals surface area contributed by atoms with Crippen molar-refractivity contribution in [2.45, 2.75) is 17.8 Å². The number of rotatable bonds is 0. The maximum Gasteiger partial charge on any atom is 0.169 e. The summed E-state index contributed by atoms with van der Waals surface area (Å²) in [6.45, 7) is 0.669. The second-order valence-corrected chi connectivity index (χ2v) is 4.45. The van der Waals surface area contributed by atoms with Crippen LogP contribution in [0.25, 0.3) is 11.0 Å². The molecule has 1 aromatic carbocycles. The predicted molar refractivity (Wildman–Crippen MR) is 56.5 cm³/mol. The summed E-state index contributed by atoms with van der Waals surface area (Å²) in [7, 11) is 0. The molecule has 0 fully saturated rings. The second kappa shape index (κ2) is 3.00. The number of aromatic nitrogens is 2. The maximum atomic E-state index is 9.56. The molecular formula is C10H10N2OS. The summed E-state index contributed by atoms with van der Waals surface area (Å²) in [5.74, 6) is 0.753. The van der Waals surface area contributed by atoms with Crippen molar-refractivity contribution < 1.29 is 5.11 Å². The highest BCUT2D eigenvalue weighted by atomic mass is 32.2. The van der Waals surface area contributed by atoms with E-state index in [9.17, 15) is 5.11 Å². The van der Waals surface area contributed by atoms with Crippen molar-refractivity contribution in [2.75, 3.05) is 5.75 Å². The zero-order chi connectivity index (χ0) is 9.54. The van der Waals surface area contributed by atoms with Crippen LogP contribution >= 0.6 is 11.8 Å². The van der Waals surface area contributed by atoms with Crippen LogP contribution in [0.4, 0.5) is 0 Å². The van der Waals surface area contributed by atoms with Crippen LogP contribution in [0.15, 0.2) is 29.4 Å². The molecule has 14 heavy (non-hydrogen) atoms. The van der Waals surface area contributed by atoms with E-state index in [0.29, 0.717) is 6.54 Å². The van der Waals surface area contributed by atoms with Gasteiger partial charge in [0.15, 0.2) is 5.16 Å². The standard InChI is InChI=1S/C10H10N2OS/c13-7-5-12-9-4-2-1-3-8(9)11-10(12)14-6-7/h1-4,7,13H,5-6H2/t7-/m0/s1. The van der Waals surface area contributed by atoms with E-state index in [1.54, 1.807) is 11.8 Å². The lowest BCUT2D eigenvalue weighted by Crippen LogP contribution is -2.23. The van der Waals surface area contributed by atoms with Crippen LogP contribution < -0.4 is 0 Å².